The number of nitrogens with zero attached hydrogens (tertiary/aromatic N) is 2. The average molecular weight is 287 g/mol. The SMILES string of the molecule is C[C@H]1CN(Cc2ccccc2)CCN1C(=O)[C@H]1CCNC1. The summed E-state index contributed by atoms with van der Waals surface area (Å²) in [4.78, 5) is 17.1. The Balaban J connectivity index is 1.55. The summed E-state index contributed by atoms with van der Waals surface area (Å²) >= 11 is 0. The van der Waals surface area contributed by atoms with Crippen molar-refractivity contribution in [2.75, 3.05) is 32.7 Å². The molecule has 3 rings (SSSR count). The first kappa shape index (κ1) is 14.5. The first-order valence-electron chi connectivity index (χ1n) is 8.01. The van der Waals surface area contributed by atoms with Crippen molar-refractivity contribution in [1.29, 1.82) is 0 Å². The van der Waals surface area contributed by atoms with Gasteiger partial charge >= 0.3 is 0 Å². The Kier molecular flexibility index (Phi) is 4.56. The molecule has 2 fully saturated rings. The van der Waals surface area contributed by atoms with E-state index in [4.69, 9.17) is 0 Å². The quantitative estimate of drug-likeness (QED) is 0.911. The van der Waals surface area contributed by atoms with E-state index in [1.54, 1.807) is 0 Å². The molecule has 2 atom stereocenters. The van der Waals surface area contributed by atoms with Crippen LogP contribution in [0, 0.1) is 5.92 Å². The van der Waals surface area contributed by atoms with Crippen LogP contribution in [-0.4, -0.2) is 54.5 Å². The van der Waals surface area contributed by atoms with Crippen LogP contribution in [0.4, 0.5) is 0 Å². The van der Waals surface area contributed by atoms with Gasteiger partial charge in [-0.3, -0.25) is 9.69 Å². The Morgan fingerprint density at radius 3 is 2.76 bits per heavy atom. The molecule has 21 heavy (non-hydrogen) atoms. The molecule has 0 radical (unpaired) electrons. The summed E-state index contributed by atoms with van der Waals surface area (Å²) in [5.41, 5.74) is 1.35. The first-order valence-corrected chi connectivity index (χ1v) is 8.01. The monoisotopic (exact) mass is 287 g/mol. The van der Waals surface area contributed by atoms with Crippen LogP contribution in [0.25, 0.3) is 0 Å². The molecule has 0 saturated carbocycles. The summed E-state index contributed by atoms with van der Waals surface area (Å²) in [5.74, 6) is 0.556. The van der Waals surface area contributed by atoms with E-state index in [9.17, 15) is 4.79 Å². The summed E-state index contributed by atoms with van der Waals surface area (Å²) < 4.78 is 0. The highest BCUT2D eigenvalue weighted by atomic mass is 16.2. The van der Waals surface area contributed by atoms with Gasteiger partial charge in [-0.1, -0.05) is 30.3 Å². The predicted molar refractivity (Wildman–Crippen MR) is 83.9 cm³/mol. The highest BCUT2D eigenvalue weighted by Crippen LogP contribution is 2.18. The Bertz CT molecular complexity index is 470. The number of hydrogen-bond acceptors (Lipinski definition) is 3. The molecule has 114 valence electrons. The largest absolute Gasteiger partial charge is 0.337 e. The highest BCUT2D eigenvalue weighted by molar-refractivity contribution is 5.79. The fourth-order valence-corrected chi connectivity index (χ4v) is 3.45. The lowest BCUT2D eigenvalue weighted by molar-refractivity contribution is -0.139. The minimum atomic E-state index is 0.202. The average Bonchev–Trinajstić information content (AvgIpc) is 3.02. The van der Waals surface area contributed by atoms with E-state index in [0.717, 1.165) is 45.7 Å². The van der Waals surface area contributed by atoms with Crippen LogP contribution >= 0.6 is 0 Å². The topological polar surface area (TPSA) is 35.6 Å². The summed E-state index contributed by atoms with van der Waals surface area (Å²) in [6.07, 6.45) is 0.996. The zero-order chi connectivity index (χ0) is 14.7. The fourth-order valence-electron chi connectivity index (χ4n) is 3.45. The van der Waals surface area contributed by atoms with Crippen molar-refractivity contribution in [1.82, 2.24) is 15.1 Å². The van der Waals surface area contributed by atoms with Gasteiger partial charge in [0.1, 0.15) is 0 Å². The van der Waals surface area contributed by atoms with Crippen molar-refractivity contribution in [3.05, 3.63) is 35.9 Å². The van der Waals surface area contributed by atoms with Gasteiger partial charge in [0.15, 0.2) is 0 Å². The molecule has 0 aromatic heterocycles. The van der Waals surface area contributed by atoms with Gasteiger partial charge in [0, 0.05) is 38.8 Å². The Morgan fingerprint density at radius 2 is 2.10 bits per heavy atom. The smallest absolute Gasteiger partial charge is 0.227 e. The van der Waals surface area contributed by atoms with Crippen LogP contribution in [0.3, 0.4) is 0 Å². The van der Waals surface area contributed by atoms with Crippen LogP contribution in [0.15, 0.2) is 30.3 Å². The third-order valence-corrected chi connectivity index (χ3v) is 4.65. The normalized spacial score (nSPS) is 27.0. The number of piperazine rings is 1. The molecule has 2 heterocycles. The van der Waals surface area contributed by atoms with Gasteiger partial charge in [-0.25, -0.2) is 0 Å². The maximum absolute atomic E-state index is 12.5. The third-order valence-electron chi connectivity index (χ3n) is 4.65. The number of nitrogens with one attached hydrogen (secondary N) is 1. The molecule has 4 heteroatoms. The molecule has 1 amide bonds. The maximum atomic E-state index is 12.5. The Morgan fingerprint density at radius 1 is 1.29 bits per heavy atom. The summed E-state index contributed by atoms with van der Waals surface area (Å²) in [5, 5.41) is 3.29. The lowest BCUT2D eigenvalue weighted by atomic mass is 10.0. The highest BCUT2D eigenvalue weighted by Gasteiger charge is 2.32. The molecular weight excluding hydrogens is 262 g/mol. The van der Waals surface area contributed by atoms with E-state index in [1.165, 1.54) is 5.56 Å². The van der Waals surface area contributed by atoms with Crippen molar-refractivity contribution in [2.24, 2.45) is 5.92 Å². The van der Waals surface area contributed by atoms with Gasteiger partial charge in [-0.05, 0) is 25.5 Å². The first-order chi connectivity index (χ1) is 10.2. The minimum absolute atomic E-state index is 0.202. The second kappa shape index (κ2) is 6.58. The van der Waals surface area contributed by atoms with Crippen molar-refractivity contribution in [3.63, 3.8) is 0 Å². The van der Waals surface area contributed by atoms with Crippen molar-refractivity contribution in [3.8, 4) is 0 Å². The summed E-state index contributed by atoms with van der Waals surface area (Å²) in [6.45, 7) is 7.82. The lowest BCUT2D eigenvalue weighted by Gasteiger charge is -2.41. The molecule has 2 saturated heterocycles. The molecule has 2 aliphatic rings. The Hall–Kier alpha value is -1.39. The van der Waals surface area contributed by atoms with E-state index < -0.39 is 0 Å². The Labute approximate surface area is 127 Å². The molecule has 1 aromatic carbocycles. The molecule has 1 N–H and O–H groups in total. The van der Waals surface area contributed by atoms with Crippen LogP contribution in [-0.2, 0) is 11.3 Å². The zero-order valence-corrected chi connectivity index (χ0v) is 12.8. The minimum Gasteiger partial charge on any atom is -0.337 e. The second-order valence-electron chi connectivity index (χ2n) is 6.29. The standard InChI is InChI=1S/C17H25N3O/c1-14-12-19(13-15-5-3-2-4-6-15)9-10-20(14)17(21)16-7-8-18-11-16/h2-6,14,16,18H,7-13H2,1H3/t14-,16-/m0/s1. The summed E-state index contributed by atoms with van der Waals surface area (Å²) in [6, 6.07) is 10.9. The fraction of sp³-hybridized carbons (Fsp3) is 0.588. The zero-order valence-electron chi connectivity index (χ0n) is 12.8. The second-order valence-corrected chi connectivity index (χ2v) is 6.29. The molecule has 0 bridgehead atoms. The van der Waals surface area contributed by atoms with Gasteiger partial charge < -0.3 is 10.2 Å². The van der Waals surface area contributed by atoms with Crippen molar-refractivity contribution < 1.29 is 4.79 Å². The van der Waals surface area contributed by atoms with Crippen LogP contribution in [0.5, 0.6) is 0 Å². The van der Waals surface area contributed by atoms with Crippen molar-refractivity contribution in [2.45, 2.75) is 25.9 Å². The molecule has 2 aliphatic heterocycles. The maximum Gasteiger partial charge on any atom is 0.227 e. The number of carbonyl (C=O) groups is 1. The van der Waals surface area contributed by atoms with Gasteiger partial charge in [0.05, 0.1) is 5.92 Å². The lowest BCUT2D eigenvalue weighted by Crippen LogP contribution is -2.55. The van der Waals surface area contributed by atoms with Gasteiger partial charge in [-0.2, -0.15) is 0 Å². The number of carbonyl (C=O) groups excluding carboxylic acids is 1. The number of rotatable bonds is 3. The number of hydrogen-bond donors (Lipinski definition) is 1. The summed E-state index contributed by atoms with van der Waals surface area (Å²) in [7, 11) is 0. The predicted octanol–water partition coefficient (Wildman–Crippen LogP) is 1.33. The molecular formula is C17H25N3O. The number of amides is 1. The van der Waals surface area contributed by atoms with E-state index >= 15 is 0 Å². The molecule has 1 aromatic rings. The van der Waals surface area contributed by atoms with E-state index in [0.29, 0.717) is 11.9 Å². The van der Waals surface area contributed by atoms with Gasteiger partial charge in [-0.15, -0.1) is 0 Å². The van der Waals surface area contributed by atoms with Crippen LogP contribution in [0.2, 0.25) is 0 Å². The molecule has 4 nitrogen and oxygen atoms in total. The number of benzene rings is 1. The van der Waals surface area contributed by atoms with E-state index in [1.807, 2.05) is 0 Å². The molecule has 0 aliphatic carbocycles. The van der Waals surface area contributed by atoms with Gasteiger partial charge in [0.25, 0.3) is 0 Å². The van der Waals surface area contributed by atoms with Crippen LogP contribution in [0.1, 0.15) is 18.9 Å². The third kappa shape index (κ3) is 3.44. The molecule has 0 spiro atoms. The van der Waals surface area contributed by atoms with E-state index in [2.05, 4.69) is 52.4 Å². The van der Waals surface area contributed by atoms with E-state index in [-0.39, 0.29) is 5.92 Å². The van der Waals surface area contributed by atoms with Gasteiger partial charge in [0.2, 0.25) is 5.91 Å². The molecule has 0 unspecified atom stereocenters. The van der Waals surface area contributed by atoms with Crippen molar-refractivity contribution >= 4 is 5.91 Å². The van der Waals surface area contributed by atoms with Crippen LogP contribution < -0.4 is 5.32 Å².